The van der Waals surface area contributed by atoms with Crippen molar-refractivity contribution in [3.8, 4) is 0 Å². The van der Waals surface area contributed by atoms with E-state index in [1.165, 1.54) is 12.3 Å². The van der Waals surface area contributed by atoms with E-state index in [-0.39, 0.29) is 0 Å². The van der Waals surface area contributed by atoms with Gasteiger partial charge in [0.05, 0.1) is 6.21 Å². The minimum atomic E-state index is -0.970. The molecule has 28 heavy (non-hydrogen) atoms. The van der Waals surface area contributed by atoms with E-state index >= 15 is 0 Å². The van der Waals surface area contributed by atoms with Crippen molar-refractivity contribution in [3.63, 3.8) is 0 Å². The third-order valence-electron chi connectivity index (χ3n) is 3.76. The fourth-order valence-electron chi connectivity index (χ4n) is 2.27. The van der Waals surface area contributed by atoms with Gasteiger partial charge >= 0.3 is 0 Å². The Morgan fingerprint density at radius 1 is 1.00 bits per heavy atom. The number of amides is 1. The lowest BCUT2D eigenvalue weighted by atomic mass is 10.1. The lowest BCUT2D eigenvalue weighted by Crippen LogP contribution is -2.17. The number of nitrogens with one attached hydrogen (secondary N) is 1. The number of benzene rings is 3. The number of nitrogens with zero attached hydrogens (tertiary/aromatic N) is 1. The highest BCUT2D eigenvalue weighted by Gasteiger charge is 2.05. The first-order chi connectivity index (χ1) is 13.5. The first kappa shape index (κ1) is 20.0. The minimum Gasteiger partial charge on any atom is -0.267 e. The molecule has 0 saturated heterocycles. The Morgan fingerprint density at radius 2 is 1.71 bits per heavy atom. The molecule has 3 aromatic carbocycles. The molecule has 7 heteroatoms. The summed E-state index contributed by atoms with van der Waals surface area (Å²) in [5.74, 6) is -1.54. The lowest BCUT2D eigenvalue weighted by Gasteiger charge is -2.04. The minimum absolute atomic E-state index is 0.341. The average molecular weight is 417 g/mol. The zero-order valence-corrected chi connectivity index (χ0v) is 16.1. The standard InChI is InChI=1S/C21H15ClF2N2OS/c22-17-6-8-18(9-7-17)28-13-14-1-4-16(5-2-14)21(27)26-25-12-15-3-10-19(23)20(24)11-15/h1-12H,13H2,(H,26,27)/b25-12+. The normalized spacial score (nSPS) is 11.0. The largest absolute Gasteiger partial charge is 0.271 e. The van der Waals surface area contributed by atoms with Crippen LogP contribution in [-0.2, 0) is 5.75 Å². The van der Waals surface area contributed by atoms with E-state index in [0.717, 1.165) is 28.3 Å². The van der Waals surface area contributed by atoms with E-state index in [2.05, 4.69) is 10.5 Å². The summed E-state index contributed by atoms with van der Waals surface area (Å²) in [6.45, 7) is 0. The molecule has 0 aliphatic heterocycles. The molecule has 0 saturated carbocycles. The van der Waals surface area contributed by atoms with E-state index < -0.39 is 17.5 Å². The molecule has 0 atom stereocenters. The summed E-state index contributed by atoms with van der Waals surface area (Å²) < 4.78 is 26.0. The number of thioether (sulfide) groups is 1. The summed E-state index contributed by atoms with van der Waals surface area (Å²) in [6, 6.07) is 18.1. The van der Waals surface area contributed by atoms with Crippen LogP contribution in [0.3, 0.4) is 0 Å². The Hall–Kier alpha value is -2.70. The fourth-order valence-corrected chi connectivity index (χ4v) is 3.25. The topological polar surface area (TPSA) is 41.5 Å². The summed E-state index contributed by atoms with van der Waals surface area (Å²) in [7, 11) is 0. The van der Waals surface area contributed by atoms with Crippen molar-refractivity contribution in [1.82, 2.24) is 5.43 Å². The van der Waals surface area contributed by atoms with Gasteiger partial charge in [-0.2, -0.15) is 5.10 Å². The number of carbonyl (C=O) groups is 1. The molecule has 0 aliphatic carbocycles. The molecule has 0 aromatic heterocycles. The van der Waals surface area contributed by atoms with Crippen LogP contribution >= 0.6 is 23.4 Å². The van der Waals surface area contributed by atoms with Gasteiger partial charge in [0.2, 0.25) is 0 Å². The number of halogens is 3. The number of rotatable bonds is 6. The van der Waals surface area contributed by atoms with Gasteiger partial charge in [0.15, 0.2) is 11.6 Å². The van der Waals surface area contributed by atoms with Crippen LogP contribution in [0.1, 0.15) is 21.5 Å². The predicted molar refractivity (Wildman–Crippen MR) is 109 cm³/mol. The van der Waals surface area contributed by atoms with Gasteiger partial charge < -0.3 is 0 Å². The molecule has 1 N–H and O–H groups in total. The van der Waals surface area contributed by atoms with Crippen LogP contribution in [0.4, 0.5) is 8.78 Å². The van der Waals surface area contributed by atoms with E-state index in [9.17, 15) is 13.6 Å². The van der Waals surface area contributed by atoms with Gasteiger partial charge in [-0.05, 0) is 59.7 Å². The van der Waals surface area contributed by atoms with Crippen molar-refractivity contribution < 1.29 is 13.6 Å². The van der Waals surface area contributed by atoms with Gasteiger partial charge in [0.1, 0.15) is 0 Å². The Bertz CT molecular complexity index is 992. The molecule has 1 amide bonds. The summed E-state index contributed by atoms with van der Waals surface area (Å²) in [5, 5.41) is 4.47. The molecule has 0 spiro atoms. The van der Waals surface area contributed by atoms with Crippen molar-refractivity contribution in [1.29, 1.82) is 0 Å². The molecule has 3 nitrogen and oxygen atoms in total. The smallest absolute Gasteiger partial charge is 0.267 e. The van der Waals surface area contributed by atoms with Crippen molar-refractivity contribution >= 4 is 35.5 Å². The fraction of sp³-hybridized carbons (Fsp3) is 0.0476. The zero-order chi connectivity index (χ0) is 19.9. The van der Waals surface area contributed by atoms with Crippen LogP contribution < -0.4 is 5.43 Å². The zero-order valence-electron chi connectivity index (χ0n) is 14.5. The van der Waals surface area contributed by atoms with Gasteiger partial charge in [-0.1, -0.05) is 29.8 Å². The second-order valence-corrected chi connectivity index (χ2v) is 7.30. The van der Waals surface area contributed by atoms with Crippen LogP contribution in [0.15, 0.2) is 76.7 Å². The van der Waals surface area contributed by atoms with E-state index in [0.29, 0.717) is 16.1 Å². The summed E-state index contributed by atoms with van der Waals surface area (Å²) >= 11 is 7.54. The van der Waals surface area contributed by atoms with Crippen LogP contribution in [0, 0.1) is 11.6 Å². The van der Waals surface area contributed by atoms with E-state index in [1.807, 2.05) is 36.4 Å². The van der Waals surface area contributed by atoms with Crippen LogP contribution in [0.5, 0.6) is 0 Å². The maximum atomic E-state index is 13.1. The molecule has 0 unspecified atom stereocenters. The van der Waals surface area contributed by atoms with Gasteiger partial charge in [-0.3, -0.25) is 4.79 Å². The van der Waals surface area contributed by atoms with Gasteiger partial charge in [0.25, 0.3) is 5.91 Å². The molecule has 0 radical (unpaired) electrons. The van der Waals surface area contributed by atoms with Crippen LogP contribution in [0.2, 0.25) is 5.02 Å². The van der Waals surface area contributed by atoms with E-state index in [1.54, 1.807) is 23.9 Å². The summed E-state index contributed by atoms with van der Waals surface area (Å²) in [6.07, 6.45) is 1.25. The highest BCUT2D eigenvalue weighted by Crippen LogP contribution is 2.24. The summed E-state index contributed by atoms with van der Waals surface area (Å²) in [4.78, 5) is 13.2. The Labute approximate surface area is 170 Å². The van der Waals surface area contributed by atoms with Crippen LogP contribution in [-0.4, -0.2) is 12.1 Å². The number of hydrogen-bond donors (Lipinski definition) is 1. The first-order valence-corrected chi connectivity index (χ1v) is 9.63. The second kappa shape index (κ2) is 9.48. The molecule has 0 fully saturated rings. The molecule has 0 bridgehead atoms. The summed E-state index contributed by atoms with van der Waals surface area (Å²) in [5.41, 5.74) is 4.22. The highest BCUT2D eigenvalue weighted by atomic mass is 35.5. The lowest BCUT2D eigenvalue weighted by molar-refractivity contribution is 0.0955. The van der Waals surface area contributed by atoms with Crippen molar-refractivity contribution in [2.75, 3.05) is 0 Å². The average Bonchev–Trinajstić information content (AvgIpc) is 2.70. The molecule has 3 aromatic rings. The number of carbonyl (C=O) groups excluding carboxylic acids is 1. The predicted octanol–water partition coefficient (Wildman–Crippen LogP) is 5.67. The van der Waals surface area contributed by atoms with Gasteiger partial charge in [-0.15, -0.1) is 11.8 Å². The van der Waals surface area contributed by atoms with Crippen LogP contribution in [0.25, 0.3) is 0 Å². The Morgan fingerprint density at radius 3 is 2.39 bits per heavy atom. The Balaban J connectivity index is 1.53. The third kappa shape index (κ3) is 5.65. The SMILES string of the molecule is O=C(N/N=C/c1ccc(F)c(F)c1)c1ccc(CSc2ccc(Cl)cc2)cc1. The molecule has 142 valence electrons. The third-order valence-corrected chi connectivity index (χ3v) is 5.09. The quantitative estimate of drug-likeness (QED) is 0.319. The van der Waals surface area contributed by atoms with Crippen molar-refractivity contribution in [2.45, 2.75) is 10.6 Å². The Kier molecular flexibility index (Phi) is 6.79. The monoisotopic (exact) mass is 416 g/mol. The molecule has 0 aliphatic rings. The highest BCUT2D eigenvalue weighted by molar-refractivity contribution is 7.98. The molecular formula is C21H15ClF2N2OS. The van der Waals surface area contributed by atoms with E-state index in [4.69, 9.17) is 11.6 Å². The van der Waals surface area contributed by atoms with Crippen molar-refractivity contribution in [2.24, 2.45) is 5.10 Å². The number of hydrogen-bond acceptors (Lipinski definition) is 3. The second-order valence-electron chi connectivity index (χ2n) is 5.81. The van der Waals surface area contributed by atoms with Gasteiger partial charge in [-0.25, -0.2) is 14.2 Å². The molecular weight excluding hydrogens is 402 g/mol. The number of hydrazone groups is 1. The molecule has 0 heterocycles. The van der Waals surface area contributed by atoms with Crippen molar-refractivity contribution in [3.05, 3.63) is 100 Å². The molecule has 3 rings (SSSR count). The first-order valence-electron chi connectivity index (χ1n) is 8.27. The van der Waals surface area contributed by atoms with Gasteiger partial charge in [0, 0.05) is 21.2 Å². The maximum absolute atomic E-state index is 13.1. The maximum Gasteiger partial charge on any atom is 0.271 e.